The first-order valence-corrected chi connectivity index (χ1v) is 6.98. The van der Waals surface area contributed by atoms with Crippen LogP contribution in [0, 0.1) is 0 Å². The Morgan fingerprint density at radius 1 is 1.14 bits per heavy atom. The molecule has 21 heavy (non-hydrogen) atoms. The summed E-state index contributed by atoms with van der Waals surface area (Å²) < 4.78 is 5.35. The molecule has 1 heterocycles. The molecule has 0 bridgehead atoms. The van der Waals surface area contributed by atoms with Crippen LogP contribution in [0.25, 0.3) is 0 Å². The smallest absolute Gasteiger partial charge is 0.414 e. The summed E-state index contributed by atoms with van der Waals surface area (Å²) in [5.74, 6) is 0. The predicted molar refractivity (Wildman–Crippen MR) is 80.1 cm³/mol. The van der Waals surface area contributed by atoms with Crippen molar-refractivity contribution in [1.82, 2.24) is 0 Å². The molecule has 0 radical (unpaired) electrons. The van der Waals surface area contributed by atoms with Gasteiger partial charge in [-0.25, -0.2) is 4.79 Å². The van der Waals surface area contributed by atoms with E-state index >= 15 is 0 Å². The molecule has 108 valence electrons. The van der Waals surface area contributed by atoms with Crippen LogP contribution in [0.1, 0.15) is 11.1 Å². The highest BCUT2D eigenvalue weighted by Gasteiger charge is 2.28. The number of para-hydroxylation sites is 1. The molecule has 1 amide bonds. The zero-order valence-electron chi connectivity index (χ0n) is 11.6. The minimum Gasteiger partial charge on any atom is -0.444 e. The van der Waals surface area contributed by atoms with Gasteiger partial charge in [0.15, 0.2) is 0 Å². The van der Waals surface area contributed by atoms with Gasteiger partial charge < -0.3 is 9.84 Å². The maximum absolute atomic E-state index is 12.3. The van der Waals surface area contributed by atoms with Crippen LogP contribution >= 0.6 is 0 Å². The normalized spacial score (nSPS) is 17.2. The molecule has 1 N–H and O–H groups in total. The van der Waals surface area contributed by atoms with E-state index in [-0.39, 0.29) is 13.2 Å². The molecule has 0 aliphatic carbocycles. The summed E-state index contributed by atoms with van der Waals surface area (Å²) in [5, 5.41) is 9.91. The number of aliphatic hydroxyl groups is 1. The number of carbonyl (C=O) groups excluding carboxylic acids is 1. The highest BCUT2D eigenvalue weighted by Crippen LogP contribution is 2.27. The van der Waals surface area contributed by atoms with Gasteiger partial charge in [-0.2, -0.15) is 0 Å². The van der Waals surface area contributed by atoms with Gasteiger partial charge >= 0.3 is 6.09 Å². The summed E-state index contributed by atoms with van der Waals surface area (Å²) in [6.45, 7) is 0.499. The molecule has 0 aromatic heterocycles. The molecule has 0 fully saturated rings. The second-order valence-corrected chi connectivity index (χ2v) is 5.14. The van der Waals surface area contributed by atoms with E-state index in [1.165, 1.54) is 4.90 Å². The van der Waals surface area contributed by atoms with Crippen LogP contribution in [0.2, 0.25) is 0 Å². The SMILES string of the molecule is O=C(OCc1ccccc1)N1C[C@@H](O)Cc2ccccc21. The van der Waals surface area contributed by atoms with E-state index < -0.39 is 12.2 Å². The number of fused-ring (bicyclic) bond motifs is 1. The number of hydrogen-bond acceptors (Lipinski definition) is 3. The van der Waals surface area contributed by atoms with Crippen molar-refractivity contribution in [2.24, 2.45) is 0 Å². The van der Waals surface area contributed by atoms with E-state index in [2.05, 4.69) is 0 Å². The van der Waals surface area contributed by atoms with Crippen LogP contribution < -0.4 is 4.90 Å². The molecule has 0 saturated heterocycles. The summed E-state index contributed by atoms with van der Waals surface area (Å²) >= 11 is 0. The zero-order valence-corrected chi connectivity index (χ0v) is 11.6. The standard InChI is InChI=1S/C17H17NO3/c19-15-10-14-8-4-5-9-16(14)18(11-15)17(20)21-12-13-6-2-1-3-7-13/h1-9,15,19H,10-12H2/t15-/m0/s1. The van der Waals surface area contributed by atoms with Gasteiger partial charge in [-0.1, -0.05) is 48.5 Å². The van der Waals surface area contributed by atoms with Gasteiger partial charge in [-0.05, 0) is 17.2 Å². The first-order chi connectivity index (χ1) is 10.2. The fourth-order valence-electron chi connectivity index (χ4n) is 2.54. The van der Waals surface area contributed by atoms with Crippen molar-refractivity contribution in [3.8, 4) is 0 Å². The topological polar surface area (TPSA) is 49.8 Å². The molecule has 1 aliphatic heterocycles. The second-order valence-electron chi connectivity index (χ2n) is 5.14. The maximum atomic E-state index is 12.3. The summed E-state index contributed by atoms with van der Waals surface area (Å²) in [6.07, 6.45) is -0.409. The van der Waals surface area contributed by atoms with Gasteiger partial charge in [-0.15, -0.1) is 0 Å². The Kier molecular flexibility index (Phi) is 3.88. The molecule has 0 saturated carbocycles. The average Bonchev–Trinajstić information content (AvgIpc) is 2.52. The van der Waals surface area contributed by atoms with Gasteiger partial charge in [0, 0.05) is 6.42 Å². The molecule has 1 atom stereocenters. The molecular formula is C17H17NO3. The lowest BCUT2D eigenvalue weighted by Crippen LogP contribution is -2.42. The number of anilines is 1. The van der Waals surface area contributed by atoms with Crippen molar-refractivity contribution in [2.45, 2.75) is 19.1 Å². The lowest BCUT2D eigenvalue weighted by atomic mass is 10.0. The number of rotatable bonds is 2. The van der Waals surface area contributed by atoms with E-state index in [4.69, 9.17) is 4.74 Å². The third-order valence-electron chi connectivity index (χ3n) is 3.56. The average molecular weight is 283 g/mol. The first kappa shape index (κ1) is 13.6. The molecule has 3 rings (SSSR count). The number of β-amino-alcohol motifs (C(OH)–C–C–N with tert-alkyl or cyclic N) is 1. The monoisotopic (exact) mass is 283 g/mol. The Morgan fingerprint density at radius 2 is 1.86 bits per heavy atom. The van der Waals surface area contributed by atoms with Gasteiger partial charge in [0.25, 0.3) is 0 Å². The highest BCUT2D eigenvalue weighted by molar-refractivity contribution is 5.89. The largest absolute Gasteiger partial charge is 0.444 e. The fourth-order valence-corrected chi connectivity index (χ4v) is 2.54. The van der Waals surface area contributed by atoms with Crippen LogP contribution in [0.3, 0.4) is 0 Å². The Bertz CT molecular complexity index is 627. The summed E-state index contributed by atoms with van der Waals surface area (Å²) in [6, 6.07) is 17.1. The Hall–Kier alpha value is -2.33. The first-order valence-electron chi connectivity index (χ1n) is 6.98. The van der Waals surface area contributed by atoms with Crippen LogP contribution in [0.15, 0.2) is 54.6 Å². The molecule has 4 nitrogen and oxygen atoms in total. The third kappa shape index (κ3) is 3.06. The number of benzene rings is 2. The summed E-state index contributed by atoms with van der Waals surface area (Å²) in [4.78, 5) is 13.8. The summed E-state index contributed by atoms with van der Waals surface area (Å²) in [7, 11) is 0. The Morgan fingerprint density at radius 3 is 2.67 bits per heavy atom. The van der Waals surface area contributed by atoms with E-state index in [0.717, 1.165) is 16.8 Å². The molecule has 1 aliphatic rings. The van der Waals surface area contributed by atoms with Crippen molar-refractivity contribution in [3.63, 3.8) is 0 Å². The van der Waals surface area contributed by atoms with Crippen LogP contribution in [-0.4, -0.2) is 23.8 Å². The summed E-state index contributed by atoms with van der Waals surface area (Å²) in [5.41, 5.74) is 2.73. The van der Waals surface area contributed by atoms with Crippen LogP contribution in [-0.2, 0) is 17.8 Å². The molecule has 0 spiro atoms. The maximum Gasteiger partial charge on any atom is 0.414 e. The Labute approximate surface area is 123 Å². The third-order valence-corrected chi connectivity index (χ3v) is 3.56. The van der Waals surface area contributed by atoms with Gasteiger partial charge in [-0.3, -0.25) is 4.90 Å². The number of hydrogen-bond donors (Lipinski definition) is 1. The lowest BCUT2D eigenvalue weighted by Gasteiger charge is -2.31. The minimum absolute atomic E-state index is 0.231. The fraction of sp³-hybridized carbons (Fsp3) is 0.235. The Balaban J connectivity index is 1.73. The van der Waals surface area contributed by atoms with Gasteiger partial charge in [0.05, 0.1) is 18.3 Å². The van der Waals surface area contributed by atoms with E-state index in [1.54, 1.807) is 0 Å². The van der Waals surface area contributed by atoms with Crippen LogP contribution in [0.4, 0.5) is 10.5 Å². The number of ether oxygens (including phenoxy) is 1. The number of carbonyl (C=O) groups is 1. The van der Waals surface area contributed by atoms with Gasteiger partial charge in [0.2, 0.25) is 0 Å². The minimum atomic E-state index is -0.552. The van der Waals surface area contributed by atoms with Crippen molar-refractivity contribution < 1.29 is 14.6 Å². The predicted octanol–water partition coefficient (Wildman–Crippen LogP) is 2.75. The number of amides is 1. The number of aliphatic hydroxyl groups excluding tert-OH is 1. The quantitative estimate of drug-likeness (QED) is 0.922. The van der Waals surface area contributed by atoms with Crippen molar-refractivity contribution >= 4 is 11.8 Å². The second kappa shape index (κ2) is 5.97. The van der Waals surface area contributed by atoms with E-state index in [9.17, 15) is 9.90 Å². The van der Waals surface area contributed by atoms with E-state index in [1.807, 2.05) is 54.6 Å². The van der Waals surface area contributed by atoms with Gasteiger partial charge in [0.1, 0.15) is 6.61 Å². The number of nitrogens with zero attached hydrogens (tertiary/aromatic N) is 1. The van der Waals surface area contributed by atoms with E-state index in [0.29, 0.717) is 6.42 Å². The van der Waals surface area contributed by atoms with Crippen LogP contribution in [0.5, 0.6) is 0 Å². The van der Waals surface area contributed by atoms with Crippen molar-refractivity contribution in [2.75, 3.05) is 11.4 Å². The molecule has 0 unspecified atom stereocenters. The van der Waals surface area contributed by atoms with Crippen molar-refractivity contribution in [1.29, 1.82) is 0 Å². The van der Waals surface area contributed by atoms with Crippen molar-refractivity contribution in [3.05, 3.63) is 65.7 Å². The lowest BCUT2D eigenvalue weighted by molar-refractivity contribution is 0.133. The molecule has 2 aromatic carbocycles. The zero-order chi connectivity index (χ0) is 14.7. The molecular weight excluding hydrogens is 266 g/mol. The molecule has 2 aromatic rings. The highest BCUT2D eigenvalue weighted by atomic mass is 16.6. The molecule has 4 heteroatoms.